The van der Waals surface area contributed by atoms with Gasteiger partial charge in [-0.15, -0.1) is 0 Å². The first-order valence-corrected chi connectivity index (χ1v) is 10.9. The van der Waals surface area contributed by atoms with Gasteiger partial charge < -0.3 is 9.64 Å². The molecule has 3 unspecified atom stereocenters. The Morgan fingerprint density at radius 3 is 2.09 bits per heavy atom. The topological polar surface area (TPSA) is 46.6 Å². The van der Waals surface area contributed by atoms with Crippen molar-refractivity contribution in [2.24, 2.45) is 11.8 Å². The van der Waals surface area contributed by atoms with Gasteiger partial charge in [-0.05, 0) is 17.9 Å². The van der Waals surface area contributed by atoms with Gasteiger partial charge in [-0.3, -0.25) is 9.59 Å². The lowest BCUT2D eigenvalue weighted by Gasteiger charge is -2.28. The molecule has 1 saturated heterocycles. The smallest absolute Gasteiger partial charge is 0.422 e. The second-order valence-electron chi connectivity index (χ2n) is 8.36. The number of carbonyl (C=O) groups excluding carboxylic acids is 2. The Balaban J connectivity index is 2.01. The lowest BCUT2D eigenvalue weighted by atomic mass is 9.87. The molecule has 0 bridgehead atoms. The molecule has 1 fully saturated rings. The number of rotatable bonds is 7. The van der Waals surface area contributed by atoms with Crippen LogP contribution in [-0.4, -0.2) is 17.9 Å². The monoisotopic (exact) mass is 505 g/mol. The third-order valence-corrected chi connectivity index (χ3v) is 6.11. The minimum atomic E-state index is -5.72. The lowest BCUT2D eigenvalue weighted by Crippen LogP contribution is -2.39. The number of esters is 1. The summed E-state index contributed by atoms with van der Waals surface area (Å²) in [4.78, 5) is 25.9. The average Bonchev–Trinajstić information content (AvgIpc) is 3.01. The number of halogens is 7. The van der Waals surface area contributed by atoms with E-state index >= 15 is 0 Å². The van der Waals surface area contributed by atoms with Gasteiger partial charge in [0.05, 0.1) is 12.5 Å². The van der Waals surface area contributed by atoms with Gasteiger partial charge in [0.2, 0.25) is 5.91 Å². The Hall–Kier alpha value is -3.11. The van der Waals surface area contributed by atoms with Crippen molar-refractivity contribution in [3.05, 3.63) is 64.7 Å². The van der Waals surface area contributed by atoms with Crippen LogP contribution in [0.5, 0.6) is 0 Å². The van der Waals surface area contributed by atoms with Crippen LogP contribution in [0.2, 0.25) is 0 Å². The minimum Gasteiger partial charge on any atom is -0.461 e. The van der Waals surface area contributed by atoms with Gasteiger partial charge in [-0.1, -0.05) is 50.6 Å². The number of ether oxygens (including phenoxy) is 1. The van der Waals surface area contributed by atoms with E-state index in [0.29, 0.717) is 16.9 Å². The molecule has 35 heavy (non-hydrogen) atoms. The molecular formula is C24H22F7NO3. The van der Waals surface area contributed by atoms with Crippen LogP contribution in [0.3, 0.4) is 0 Å². The first-order valence-electron chi connectivity index (χ1n) is 10.9. The number of hydrogen-bond acceptors (Lipinski definition) is 3. The van der Waals surface area contributed by atoms with Crippen LogP contribution < -0.4 is 4.90 Å². The number of alkyl halides is 3. The summed E-state index contributed by atoms with van der Waals surface area (Å²) in [5.74, 6) is -13.5. The van der Waals surface area contributed by atoms with E-state index in [4.69, 9.17) is 4.74 Å². The van der Waals surface area contributed by atoms with E-state index in [9.17, 15) is 40.3 Å². The second-order valence-corrected chi connectivity index (χ2v) is 8.36. The predicted molar refractivity (Wildman–Crippen MR) is 111 cm³/mol. The molecule has 0 aliphatic carbocycles. The van der Waals surface area contributed by atoms with Crippen molar-refractivity contribution in [3.63, 3.8) is 0 Å². The first kappa shape index (κ1) is 26.5. The average molecular weight is 505 g/mol. The fourth-order valence-electron chi connectivity index (χ4n) is 4.37. The summed E-state index contributed by atoms with van der Waals surface area (Å²) in [6, 6.07) is 7.21. The predicted octanol–water partition coefficient (Wildman–Crippen LogP) is 6.16. The largest absolute Gasteiger partial charge is 0.461 e. The number of nitrogens with zero attached hydrogens (tertiary/aromatic N) is 1. The molecule has 1 aliphatic rings. The molecule has 190 valence electrons. The Morgan fingerprint density at radius 2 is 1.57 bits per heavy atom. The van der Waals surface area contributed by atoms with Crippen LogP contribution in [0.4, 0.5) is 36.4 Å². The highest BCUT2D eigenvalue weighted by molar-refractivity contribution is 5.99. The molecule has 0 spiro atoms. The third kappa shape index (κ3) is 5.13. The third-order valence-electron chi connectivity index (χ3n) is 6.11. The Labute approximate surface area is 196 Å². The van der Waals surface area contributed by atoms with Gasteiger partial charge in [-0.25, -0.2) is 17.6 Å². The highest BCUT2D eigenvalue weighted by atomic mass is 19.4. The van der Waals surface area contributed by atoms with Crippen molar-refractivity contribution in [2.45, 2.75) is 51.9 Å². The van der Waals surface area contributed by atoms with Crippen LogP contribution in [0.25, 0.3) is 0 Å². The van der Waals surface area contributed by atoms with E-state index in [0.717, 1.165) is 0 Å². The zero-order chi connectivity index (χ0) is 26.1. The van der Waals surface area contributed by atoms with Crippen molar-refractivity contribution < 1.29 is 45.1 Å². The molecular weight excluding hydrogens is 483 g/mol. The fraction of sp³-hybridized carbons (Fsp3) is 0.417. The Morgan fingerprint density at radius 1 is 1.00 bits per heavy atom. The highest BCUT2D eigenvalue weighted by Crippen LogP contribution is 2.44. The molecule has 3 rings (SSSR count). The Kier molecular flexibility index (Phi) is 7.76. The maximum absolute atomic E-state index is 14.8. The van der Waals surface area contributed by atoms with Crippen molar-refractivity contribution in [1.82, 2.24) is 0 Å². The molecule has 2 aromatic carbocycles. The van der Waals surface area contributed by atoms with E-state index in [1.54, 1.807) is 37.3 Å². The van der Waals surface area contributed by atoms with Crippen LogP contribution >= 0.6 is 0 Å². The molecule has 1 heterocycles. The molecule has 1 amide bonds. The molecule has 11 heteroatoms. The van der Waals surface area contributed by atoms with Gasteiger partial charge >= 0.3 is 12.1 Å². The van der Waals surface area contributed by atoms with E-state index in [2.05, 4.69) is 0 Å². The lowest BCUT2D eigenvalue weighted by molar-refractivity contribution is -0.145. The summed E-state index contributed by atoms with van der Waals surface area (Å²) in [7, 11) is 0. The van der Waals surface area contributed by atoms with Gasteiger partial charge in [0.15, 0.2) is 23.3 Å². The van der Waals surface area contributed by atoms with Crippen molar-refractivity contribution >= 4 is 17.6 Å². The van der Waals surface area contributed by atoms with Gasteiger partial charge in [0, 0.05) is 5.92 Å². The first-order chi connectivity index (χ1) is 16.4. The number of benzene rings is 2. The van der Waals surface area contributed by atoms with Gasteiger partial charge in [-0.2, -0.15) is 13.2 Å². The molecule has 0 aromatic heterocycles. The summed E-state index contributed by atoms with van der Waals surface area (Å²) in [6.45, 7) is 3.10. The standard InChI is InChI=1S/C24H22F7NO3/c1-3-7-14-12(2)15(10-16(33)35-11-13-8-5-4-6-9-13)32(23(14)34)22-20(27)18(25)17(24(29,30)31)19(26)21(22)28/h4-6,8-9,12,14-15H,3,7,10-11H2,1-2H3. The van der Waals surface area contributed by atoms with Gasteiger partial charge in [0.1, 0.15) is 17.9 Å². The van der Waals surface area contributed by atoms with E-state index in [1.807, 2.05) is 0 Å². The maximum atomic E-state index is 14.8. The van der Waals surface area contributed by atoms with E-state index in [-0.39, 0.29) is 13.0 Å². The fourth-order valence-corrected chi connectivity index (χ4v) is 4.37. The molecule has 3 atom stereocenters. The molecule has 2 aromatic rings. The molecule has 0 saturated carbocycles. The molecule has 1 aliphatic heterocycles. The summed E-state index contributed by atoms with van der Waals surface area (Å²) >= 11 is 0. The number of carbonyl (C=O) groups is 2. The summed E-state index contributed by atoms with van der Waals surface area (Å²) < 4.78 is 102. The number of anilines is 1. The summed E-state index contributed by atoms with van der Waals surface area (Å²) in [5.41, 5.74) is -3.69. The van der Waals surface area contributed by atoms with E-state index in [1.165, 1.54) is 6.92 Å². The second kappa shape index (κ2) is 10.2. The van der Waals surface area contributed by atoms with Crippen molar-refractivity contribution in [3.8, 4) is 0 Å². The molecule has 0 N–H and O–H groups in total. The zero-order valence-corrected chi connectivity index (χ0v) is 18.8. The number of amides is 1. The van der Waals surface area contributed by atoms with Crippen LogP contribution in [-0.2, 0) is 27.1 Å². The summed E-state index contributed by atoms with van der Waals surface area (Å²) in [6.07, 6.45) is -5.63. The number of hydrogen-bond donors (Lipinski definition) is 0. The van der Waals surface area contributed by atoms with Gasteiger partial charge in [0.25, 0.3) is 0 Å². The molecule has 4 nitrogen and oxygen atoms in total. The maximum Gasteiger partial charge on any atom is 0.422 e. The summed E-state index contributed by atoms with van der Waals surface area (Å²) in [5, 5.41) is 0. The molecule has 0 radical (unpaired) electrons. The SMILES string of the molecule is CCCC1C(=O)N(c2c(F)c(F)c(C(F)(F)F)c(F)c2F)C(CC(=O)OCc2ccccc2)C1C. The van der Waals surface area contributed by atoms with Crippen molar-refractivity contribution in [2.75, 3.05) is 4.90 Å². The van der Waals surface area contributed by atoms with E-state index < -0.39 is 76.9 Å². The van der Waals surface area contributed by atoms with Crippen LogP contribution in [0, 0.1) is 35.1 Å². The zero-order valence-electron chi connectivity index (χ0n) is 18.8. The van der Waals surface area contributed by atoms with Crippen molar-refractivity contribution in [1.29, 1.82) is 0 Å². The minimum absolute atomic E-state index is 0.140. The van der Waals surface area contributed by atoms with Crippen LogP contribution in [0.1, 0.15) is 44.2 Å². The quantitative estimate of drug-likeness (QED) is 0.257. The van der Waals surface area contributed by atoms with Crippen LogP contribution in [0.15, 0.2) is 30.3 Å². The normalized spacial score (nSPS) is 20.4. The highest BCUT2D eigenvalue weighted by Gasteiger charge is 2.51. The Bertz CT molecular complexity index is 1080.